The zero-order valence-corrected chi connectivity index (χ0v) is 14.9. The largest absolute Gasteiger partial charge is 0.317 e. The van der Waals surface area contributed by atoms with Crippen molar-refractivity contribution in [3.63, 3.8) is 0 Å². The maximum Gasteiger partial charge on any atom is 0.211 e. The lowest BCUT2D eigenvalue weighted by Crippen LogP contribution is -2.39. The molecule has 0 bridgehead atoms. The van der Waals surface area contributed by atoms with Gasteiger partial charge in [-0.25, -0.2) is 12.7 Å². The lowest BCUT2D eigenvalue weighted by atomic mass is 9.99. The molecule has 2 saturated heterocycles. The van der Waals surface area contributed by atoms with Gasteiger partial charge in [0, 0.05) is 26.1 Å². The third-order valence-corrected chi connectivity index (χ3v) is 6.30. The minimum Gasteiger partial charge on any atom is -0.317 e. The van der Waals surface area contributed by atoms with Gasteiger partial charge in [0.1, 0.15) is 11.6 Å². The van der Waals surface area contributed by atoms with Crippen LogP contribution in [0.25, 0.3) is 0 Å². The van der Waals surface area contributed by atoms with Gasteiger partial charge in [-0.1, -0.05) is 6.42 Å². The molecular weight excluding hydrogens is 314 g/mol. The first-order valence-electron chi connectivity index (χ1n) is 8.51. The summed E-state index contributed by atoms with van der Waals surface area (Å²) in [5, 5.41) is 8.76. The van der Waals surface area contributed by atoms with Crippen LogP contribution < -0.4 is 0 Å². The summed E-state index contributed by atoms with van der Waals surface area (Å²) in [5.74, 6) is 2.05. The molecule has 2 aliphatic heterocycles. The average molecular weight is 341 g/mol. The first kappa shape index (κ1) is 16.9. The Morgan fingerprint density at radius 3 is 2.52 bits per heavy atom. The van der Waals surface area contributed by atoms with Crippen molar-refractivity contribution in [3.05, 3.63) is 11.6 Å². The Morgan fingerprint density at radius 1 is 1.09 bits per heavy atom. The molecule has 0 N–H and O–H groups in total. The van der Waals surface area contributed by atoms with Crippen LogP contribution in [0.15, 0.2) is 0 Å². The fraction of sp³-hybridized carbons (Fsp3) is 0.867. The molecular formula is C15H27N5O2S. The van der Waals surface area contributed by atoms with Crippen LogP contribution in [0.2, 0.25) is 0 Å². The molecule has 7 nitrogen and oxygen atoms in total. The van der Waals surface area contributed by atoms with E-state index in [0.29, 0.717) is 13.1 Å². The molecule has 1 unspecified atom stereocenters. The van der Waals surface area contributed by atoms with Gasteiger partial charge >= 0.3 is 0 Å². The number of nitrogens with zero attached hydrogens (tertiary/aromatic N) is 5. The smallest absolute Gasteiger partial charge is 0.211 e. The number of hydrogen-bond donors (Lipinski definition) is 0. The topological polar surface area (TPSA) is 71.3 Å². The van der Waals surface area contributed by atoms with Crippen molar-refractivity contribution in [2.24, 2.45) is 7.05 Å². The molecule has 3 rings (SSSR count). The van der Waals surface area contributed by atoms with Crippen molar-refractivity contribution in [2.45, 2.75) is 44.6 Å². The predicted octanol–water partition coefficient (Wildman–Crippen LogP) is 0.940. The predicted molar refractivity (Wildman–Crippen MR) is 88.5 cm³/mol. The Hall–Kier alpha value is -0.990. The first-order chi connectivity index (χ1) is 10.9. The number of likely N-dealkylation sites (tertiary alicyclic amines) is 1. The molecule has 130 valence electrons. The van der Waals surface area contributed by atoms with Gasteiger partial charge in [0.15, 0.2) is 0 Å². The van der Waals surface area contributed by atoms with Crippen LogP contribution in [-0.4, -0.2) is 64.8 Å². The summed E-state index contributed by atoms with van der Waals surface area (Å²) in [5.41, 5.74) is 0. The molecule has 3 heterocycles. The van der Waals surface area contributed by atoms with Gasteiger partial charge in [0.2, 0.25) is 10.0 Å². The maximum atomic E-state index is 11.8. The molecule has 1 aromatic heterocycles. The highest BCUT2D eigenvalue weighted by atomic mass is 32.2. The fourth-order valence-electron chi connectivity index (χ4n) is 3.64. The van der Waals surface area contributed by atoms with Crippen LogP contribution in [-0.2, 0) is 23.6 Å². The molecule has 23 heavy (non-hydrogen) atoms. The van der Waals surface area contributed by atoms with Crippen molar-refractivity contribution in [2.75, 3.05) is 32.4 Å². The van der Waals surface area contributed by atoms with Gasteiger partial charge in [-0.2, -0.15) is 0 Å². The number of rotatable bonds is 4. The molecule has 0 aromatic carbocycles. The molecule has 0 spiro atoms. The molecule has 2 fully saturated rings. The van der Waals surface area contributed by atoms with E-state index in [1.165, 1.54) is 25.5 Å². The maximum absolute atomic E-state index is 11.8. The number of aromatic nitrogens is 3. The zero-order chi connectivity index (χ0) is 16.4. The fourth-order valence-corrected chi connectivity index (χ4v) is 4.55. The quantitative estimate of drug-likeness (QED) is 0.815. The highest BCUT2D eigenvalue weighted by molar-refractivity contribution is 7.88. The molecule has 8 heteroatoms. The lowest BCUT2D eigenvalue weighted by molar-refractivity contribution is 0.213. The second-order valence-electron chi connectivity index (χ2n) is 6.83. The summed E-state index contributed by atoms with van der Waals surface area (Å²) in [4.78, 5) is 2.43. The SMILES string of the molecule is Cn1c(CN2CCCCC2)nnc1C1CCCN(S(C)(=O)=O)C1. The monoisotopic (exact) mass is 341 g/mol. The Kier molecular flexibility index (Phi) is 5.03. The van der Waals surface area contributed by atoms with Crippen molar-refractivity contribution in [1.29, 1.82) is 0 Å². The molecule has 0 radical (unpaired) electrons. The summed E-state index contributed by atoms with van der Waals surface area (Å²) in [6.07, 6.45) is 6.98. The minimum atomic E-state index is -3.13. The summed E-state index contributed by atoms with van der Waals surface area (Å²) < 4.78 is 27.2. The van der Waals surface area contributed by atoms with Gasteiger partial charge in [-0.15, -0.1) is 10.2 Å². The summed E-state index contributed by atoms with van der Waals surface area (Å²) in [7, 11) is -1.12. The summed E-state index contributed by atoms with van der Waals surface area (Å²) >= 11 is 0. The van der Waals surface area contributed by atoms with E-state index >= 15 is 0 Å². The molecule has 2 aliphatic rings. The Labute approximate surface area is 138 Å². The number of piperidine rings is 2. The van der Waals surface area contributed by atoms with Gasteiger partial charge < -0.3 is 4.57 Å². The zero-order valence-electron chi connectivity index (χ0n) is 14.1. The molecule has 1 atom stereocenters. The Bertz CT molecular complexity index is 636. The van der Waals surface area contributed by atoms with Gasteiger partial charge in [-0.05, 0) is 38.8 Å². The van der Waals surface area contributed by atoms with Crippen LogP contribution in [0.1, 0.15) is 49.7 Å². The van der Waals surface area contributed by atoms with E-state index in [1.807, 2.05) is 7.05 Å². The summed E-state index contributed by atoms with van der Waals surface area (Å²) in [6, 6.07) is 0. The summed E-state index contributed by atoms with van der Waals surface area (Å²) in [6.45, 7) is 4.25. The minimum absolute atomic E-state index is 0.145. The lowest BCUT2D eigenvalue weighted by Gasteiger charge is -2.30. The van der Waals surface area contributed by atoms with Crippen molar-refractivity contribution in [1.82, 2.24) is 24.0 Å². The van der Waals surface area contributed by atoms with Crippen LogP contribution in [0.5, 0.6) is 0 Å². The van der Waals surface area contributed by atoms with E-state index in [9.17, 15) is 8.42 Å². The van der Waals surface area contributed by atoms with Crippen molar-refractivity contribution >= 4 is 10.0 Å². The second-order valence-corrected chi connectivity index (χ2v) is 8.81. The molecule has 1 aromatic rings. The number of sulfonamides is 1. The second kappa shape index (κ2) is 6.86. The van der Waals surface area contributed by atoms with Crippen molar-refractivity contribution in [3.8, 4) is 0 Å². The Balaban J connectivity index is 1.70. The first-order valence-corrected chi connectivity index (χ1v) is 10.4. The normalized spacial score (nSPS) is 24.9. The van der Waals surface area contributed by atoms with Crippen LogP contribution in [0.4, 0.5) is 0 Å². The third kappa shape index (κ3) is 3.92. The van der Waals surface area contributed by atoms with Crippen LogP contribution in [0, 0.1) is 0 Å². The molecule has 0 saturated carbocycles. The average Bonchev–Trinajstić information content (AvgIpc) is 2.89. The van der Waals surface area contributed by atoms with Crippen molar-refractivity contribution < 1.29 is 8.42 Å². The van der Waals surface area contributed by atoms with Gasteiger partial charge in [-0.3, -0.25) is 4.90 Å². The Morgan fingerprint density at radius 2 is 1.83 bits per heavy atom. The van der Waals surface area contributed by atoms with E-state index in [2.05, 4.69) is 19.7 Å². The van der Waals surface area contributed by atoms with Gasteiger partial charge in [0.25, 0.3) is 0 Å². The van der Waals surface area contributed by atoms with E-state index in [4.69, 9.17) is 0 Å². The van der Waals surface area contributed by atoms with Crippen LogP contribution in [0.3, 0.4) is 0 Å². The highest BCUT2D eigenvalue weighted by Gasteiger charge is 2.30. The molecule has 0 aliphatic carbocycles. The standard InChI is InChI=1S/C15H27N5O2S/c1-18-14(12-19-8-4-3-5-9-19)16-17-15(18)13-7-6-10-20(11-13)23(2,21)22/h13H,3-12H2,1-2H3. The van der Waals surface area contributed by atoms with E-state index in [1.54, 1.807) is 4.31 Å². The number of hydrogen-bond acceptors (Lipinski definition) is 5. The van der Waals surface area contributed by atoms with E-state index < -0.39 is 10.0 Å². The van der Waals surface area contributed by atoms with E-state index in [-0.39, 0.29) is 5.92 Å². The molecule has 0 amide bonds. The van der Waals surface area contributed by atoms with Crippen LogP contribution >= 0.6 is 0 Å². The van der Waals surface area contributed by atoms with Gasteiger partial charge in [0.05, 0.1) is 12.8 Å². The third-order valence-electron chi connectivity index (χ3n) is 5.03. The van der Waals surface area contributed by atoms with E-state index in [0.717, 1.165) is 44.1 Å². The highest BCUT2D eigenvalue weighted by Crippen LogP contribution is 2.27.